The van der Waals surface area contributed by atoms with Gasteiger partial charge in [-0.05, 0) is 25.0 Å². The van der Waals surface area contributed by atoms with Crippen LogP contribution < -0.4 is 5.32 Å². The number of nitrogens with one attached hydrogen (secondary N) is 1. The zero-order valence-corrected chi connectivity index (χ0v) is 10.8. The number of nitrogens with zero attached hydrogens (tertiary/aromatic N) is 1. The Morgan fingerprint density at radius 1 is 1.26 bits per heavy atom. The summed E-state index contributed by atoms with van der Waals surface area (Å²) in [7, 11) is 0. The SMILES string of the molecule is O=C(NCCOC(=O)C1CCCC1)c1ccncc1. The Bertz CT molecular complexity index is 428. The van der Waals surface area contributed by atoms with Gasteiger partial charge < -0.3 is 10.1 Å². The Balaban J connectivity index is 1.64. The molecule has 0 radical (unpaired) electrons. The van der Waals surface area contributed by atoms with Crippen molar-refractivity contribution in [1.29, 1.82) is 0 Å². The van der Waals surface area contributed by atoms with Gasteiger partial charge in [-0.15, -0.1) is 0 Å². The molecule has 1 aliphatic rings. The first-order chi connectivity index (χ1) is 9.27. The highest BCUT2D eigenvalue weighted by Crippen LogP contribution is 2.25. The van der Waals surface area contributed by atoms with Gasteiger partial charge in [0.25, 0.3) is 5.91 Å². The number of hydrogen-bond donors (Lipinski definition) is 1. The van der Waals surface area contributed by atoms with Crippen molar-refractivity contribution >= 4 is 11.9 Å². The van der Waals surface area contributed by atoms with E-state index in [0.717, 1.165) is 25.7 Å². The summed E-state index contributed by atoms with van der Waals surface area (Å²) in [4.78, 5) is 27.1. The zero-order valence-electron chi connectivity index (χ0n) is 10.8. The van der Waals surface area contributed by atoms with Gasteiger partial charge in [0, 0.05) is 18.0 Å². The smallest absolute Gasteiger partial charge is 0.308 e. The molecule has 0 atom stereocenters. The van der Waals surface area contributed by atoms with Crippen LogP contribution in [0.15, 0.2) is 24.5 Å². The van der Waals surface area contributed by atoms with Crippen LogP contribution in [0.25, 0.3) is 0 Å². The summed E-state index contributed by atoms with van der Waals surface area (Å²) in [6.07, 6.45) is 7.21. The fourth-order valence-electron chi connectivity index (χ4n) is 2.20. The first kappa shape index (κ1) is 13.5. The minimum absolute atomic E-state index is 0.0656. The van der Waals surface area contributed by atoms with Crippen molar-refractivity contribution < 1.29 is 14.3 Å². The quantitative estimate of drug-likeness (QED) is 0.645. The molecule has 1 N–H and O–H groups in total. The average Bonchev–Trinajstić information content (AvgIpc) is 2.98. The second-order valence-corrected chi connectivity index (χ2v) is 4.64. The number of pyridine rings is 1. The minimum Gasteiger partial charge on any atom is -0.464 e. The molecule has 1 aromatic rings. The van der Waals surface area contributed by atoms with Gasteiger partial charge in [0.1, 0.15) is 6.61 Å². The molecule has 0 saturated heterocycles. The Morgan fingerprint density at radius 3 is 2.63 bits per heavy atom. The van der Waals surface area contributed by atoms with Crippen LogP contribution in [0.4, 0.5) is 0 Å². The van der Waals surface area contributed by atoms with E-state index in [1.54, 1.807) is 24.5 Å². The van der Waals surface area contributed by atoms with Crippen molar-refractivity contribution in [3.8, 4) is 0 Å². The molecule has 1 amide bonds. The van der Waals surface area contributed by atoms with E-state index in [1.807, 2.05) is 0 Å². The molecule has 1 aromatic heterocycles. The summed E-state index contributed by atoms with van der Waals surface area (Å²) in [6, 6.07) is 3.28. The van der Waals surface area contributed by atoms with Crippen LogP contribution in [0.5, 0.6) is 0 Å². The fraction of sp³-hybridized carbons (Fsp3) is 0.500. The van der Waals surface area contributed by atoms with Gasteiger partial charge >= 0.3 is 5.97 Å². The van der Waals surface area contributed by atoms with Crippen LogP contribution in [-0.4, -0.2) is 30.0 Å². The Morgan fingerprint density at radius 2 is 1.95 bits per heavy atom. The van der Waals surface area contributed by atoms with Crippen LogP contribution in [0.2, 0.25) is 0 Å². The number of carbonyl (C=O) groups excluding carboxylic acids is 2. The molecule has 5 heteroatoms. The molecule has 0 spiro atoms. The molecule has 19 heavy (non-hydrogen) atoms. The number of carbonyl (C=O) groups is 2. The van der Waals surface area contributed by atoms with Gasteiger partial charge in [0.2, 0.25) is 0 Å². The monoisotopic (exact) mass is 262 g/mol. The molecule has 0 bridgehead atoms. The summed E-state index contributed by atoms with van der Waals surface area (Å²) in [5, 5.41) is 2.70. The van der Waals surface area contributed by atoms with Crippen LogP contribution in [0, 0.1) is 5.92 Å². The molecule has 0 aliphatic heterocycles. The van der Waals surface area contributed by atoms with Crippen molar-refractivity contribution in [2.75, 3.05) is 13.2 Å². The molecule has 0 unspecified atom stereocenters. The maximum absolute atomic E-state index is 11.7. The number of hydrogen-bond acceptors (Lipinski definition) is 4. The summed E-state index contributed by atoms with van der Waals surface area (Å²) < 4.78 is 5.15. The molecule has 0 aromatic carbocycles. The molecule has 1 heterocycles. The van der Waals surface area contributed by atoms with E-state index in [4.69, 9.17) is 4.74 Å². The van der Waals surface area contributed by atoms with Gasteiger partial charge in [0.15, 0.2) is 0 Å². The van der Waals surface area contributed by atoms with Gasteiger partial charge in [-0.3, -0.25) is 14.6 Å². The van der Waals surface area contributed by atoms with E-state index < -0.39 is 0 Å². The van der Waals surface area contributed by atoms with Crippen LogP contribution in [-0.2, 0) is 9.53 Å². The normalized spacial score (nSPS) is 15.2. The highest BCUT2D eigenvalue weighted by atomic mass is 16.5. The van der Waals surface area contributed by atoms with Gasteiger partial charge in [-0.2, -0.15) is 0 Å². The largest absolute Gasteiger partial charge is 0.464 e. The lowest BCUT2D eigenvalue weighted by Gasteiger charge is -2.10. The van der Waals surface area contributed by atoms with E-state index in [-0.39, 0.29) is 24.4 Å². The molecule has 2 rings (SSSR count). The maximum Gasteiger partial charge on any atom is 0.308 e. The summed E-state index contributed by atoms with van der Waals surface area (Å²) in [6.45, 7) is 0.561. The van der Waals surface area contributed by atoms with Crippen LogP contribution >= 0.6 is 0 Å². The Hall–Kier alpha value is -1.91. The van der Waals surface area contributed by atoms with E-state index >= 15 is 0 Å². The van der Waals surface area contributed by atoms with E-state index in [0.29, 0.717) is 12.1 Å². The average molecular weight is 262 g/mol. The van der Waals surface area contributed by atoms with Crippen molar-refractivity contribution in [2.24, 2.45) is 5.92 Å². The maximum atomic E-state index is 11.7. The number of esters is 1. The van der Waals surface area contributed by atoms with E-state index in [9.17, 15) is 9.59 Å². The van der Waals surface area contributed by atoms with Crippen molar-refractivity contribution in [3.63, 3.8) is 0 Å². The van der Waals surface area contributed by atoms with Crippen molar-refractivity contribution in [1.82, 2.24) is 10.3 Å². The van der Waals surface area contributed by atoms with E-state index in [1.165, 1.54) is 0 Å². The van der Waals surface area contributed by atoms with Gasteiger partial charge in [-0.1, -0.05) is 12.8 Å². The summed E-state index contributed by atoms with van der Waals surface area (Å²) in [5.41, 5.74) is 0.553. The van der Waals surface area contributed by atoms with Gasteiger partial charge in [-0.25, -0.2) is 0 Å². The molecule has 102 valence electrons. The zero-order chi connectivity index (χ0) is 13.5. The molecular weight excluding hydrogens is 244 g/mol. The van der Waals surface area contributed by atoms with E-state index in [2.05, 4.69) is 10.3 Å². The lowest BCUT2D eigenvalue weighted by molar-refractivity contribution is -0.148. The molecular formula is C14H18N2O3. The van der Waals surface area contributed by atoms with Gasteiger partial charge in [0.05, 0.1) is 12.5 Å². The topological polar surface area (TPSA) is 68.3 Å². The molecule has 1 aliphatic carbocycles. The lowest BCUT2D eigenvalue weighted by Crippen LogP contribution is -2.28. The van der Waals surface area contributed by atoms with Crippen LogP contribution in [0.1, 0.15) is 36.0 Å². The Labute approximate surface area is 112 Å². The first-order valence-electron chi connectivity index (χ1n) is 6.62. The molecule has 5 nitrogen and oxygen atoms in total. The second-order valence-electron chi connectivity index (χ2n) is 4.64. The number of rotatable bonds is 5. The third-order valence-corrected chi connectivity index (χ3v) is 3.26. The molecule has 1 saturated carbocycles. The number of aromatic nitrogens is 1. The third-order valence-electron chi connectivity index (χ3n) is 3.26. The van der Waals surface area contributed by atoms with Crippen molar-refractivity contribution in [2.45, 2.75) is 25.7 Å². The first-order valence-corrected chi connectivity index (χ1v) is 6.62. The fourth-order valence-corrected chi connectivity index (χ4v) is 2.20. The highest BCUT2D eigenvalue weighted by Gasteiger charge is 2.23. The van der Waals surface area contributed by atoms with Crippen molar-refractivity contribution in [3.05, 3.63) is 30.1 Å². The second kappa shape index (κ2) is 6.87. The predicted octanol–water partition coefficient (Wildman–Crippen LogP) is 1.54. The third kappa shape index (κ3) is 4.05. The highest BCUT2D eigenvalue weighted by molar-refractivity contribution is 5.93. The Kier molecular flexibility index (Phi) is 4.89. The summed E-state index contributed by atoms with van der Waals surface area (Å²) in [5.74, 6) is -0.245. The van der Waals surface area contributed by atoms with Crippen LogP contribution in [0.3, 0.4) is 0 Å². The molecule has 1 fully saturated rings. The lowest BCUT2D eigenvalue weighted by atomic mass is 10.1. The summed E-state index contributed by atoms with van der Waals surface area (Å²) >= 11 is 0. The minimum atomic E-state index is -0.181. The number of amides is 1. The standard InChI is InChI=1S/C14H18N2O3/c17-13(11-5-7-15-8-6-11)16-9-10-19-14(18)12-3-1-2-4-12/h5-8,12H,1-4,9-10H2,(H,16,17). The number of ether oxygens (including phenoxy) is 1. The predicted molar refractivity (Wildman–Crippen MR) is 69.5 cm³/mol.